The summed E-state index contributed by atoms with van der Waals surface area (Å²) in [4.78, 5) is 11.4. The van der Waals surface area contributed by atoms with Gasteiger partial charge >= 0.3 is 5.97 Å². The molecule has 4 atom stereocenters. The highest BCUT2D eigenvalue weighted by Gasteiger charge is 2.45. The van der Waals surface area contributed by atoms with Crippen LogP contribution in [0, 0.1) is 11.8 Å². The molecule has 0 radical (unpaired) electrons. The molecule has 1 aromatic carbocycles. The van der Waals surface area contributed by atoms with Gasteiger partial charge in [0.2, 0.25) is 6.79 Å². The fourth-order valence-corrected chi connectivity index (χ4v) is 3.82. The van der Waals surface area contributed by atoms with E-state index in [2.05, 4.69) is 10.9 Å². The Bertz CT molecular complexity index is 577. The number of aliphatic carboxylic acids is 1. The molecule has 2 aliphatic heterocycles. The largest absolute Gasteiger partial charge is 0.481 e. The second kappa shape index (κ2) is 4.89. The molecule has 0 aromatic heterocycles. The van der Waals surface area contributed by atoms with Crippen molar-refractivity contribution in [2.24, 2.45) is 11.8 Å². The molecular weight excluding hydrogens is 272 g/mol. The lowest BCUT2D eigenvalue weighted by Gasteiger charge is -2.32. The van der Waals surface area contributed by atoms with Crippen molar-refractivity contribution in [2.75, 3.05) is 6.79 Å². The molecule has 6 heteroatoms. The van der Waals surface area contributed by atoms with Crippen molar-refractivity contribution in [3.63, 3.8) is 0 Å². The molecular formula is C15H18N2O4. The summed E-state index contributed by atoms with van der Waals surface area (Å²) in [7, 11) is 0. The Morgan fingerprint density at radius 2 is 2.05 bits per heavy atom. The minimum Gasteiger partial charge on any atom is -0.481 e. The van der Waals surface area contributed by atoms with E-state index in [0.717, 1.165) is 36.3 Å². The van der Waals surface area contributed by atoms with Gasteiger partial charge in [0.1, 0.15) is 0 Å². The van der Waals surface area contributed by atoms with Gasteiger partial charge < -0.3 is 14.6 Å². The average molecular weight is 290 g/mol. The Balaban J connectivity index is 1.60. The van der Waals surface area contributed by atoms with E-state index < -0.39 is 5.97 Å². The number of hydrogen-bond donors (Lipinski definition) is 3. The van der Waals surface area contributed by atoms with Crippen LogP contribution in [0.15, 0.2) is 18.2 Å². The van der Waals surface area contributed by atoms with Crippen LogP contribution in [0.25, 0.3) is 0 Å². The van der Waals surface area contributed by atoms with Crippen LogP contribution in [0.1, 0.15) is 30.9 Å². The number of rotatable bonds is 2. The molecule has 3 aliphatic rings. The number of benzene rings is 1. The predicted octanol–water partition coefficient (Wildman–Crippen LogP) is 1.43. The normalized spacial score (nSPS) is 33.7. The van der Waals surface area contributed by atoms with Crippen molar-refractivity contribution in [2.45, 2.75) is 31.3 Å². The van der Waals surface area contributed by atoms with Gasteiger partial charge in [-0.3, -0.25) is 10.2 Å². The van der Waals surface area contributed by atoms with Crippen molar-refractivity contribution in [3.05, 3.63) is 23.8 Å². The van der Waals surface area contributed by atoms with Gasteiger partial charge in [0.15, 0.2) is 11.5 Å². The van der Waals surface area contributed by atoms with Gasteiger partial charge in [0.25, 0.3) is 0 Å². The smallest absolute Gasteiger partial charge is 0.308 e. The van der Waals surface area contributed by atoms with Crippen LogP contribution in [-0.2, 0) is 4.79 Å². The first kappa shape index (κ1) is 12.9. The summed E-state index contributed by atoms with van der Waals surface area (Å²) in [5.74, 6) is 0.817. The summed E-state index contributed by atoms with van der Waals surface area (Å²) >= 11 is 0. The maximum Gasteiger partial charge on any atom is 0.308 e. The molecule has 4 rings (SSSR count). The Kier molecular flexibility index (Phi) is 3.01. The highest BCUT2D eigenvalue weighted by molar-refractivity contribution is 5.71. The van der Waals surface area contributed by atoms with Crippen molar-refractivity contribution >= 4 is 5.97 Å². The second-order valence-electron chi connectivity index (χ2n) is 5.94. The topological polar surface area (TPSA) is 79.8 Å². The van der Waals surface area contributed by atoms with Crippen LogP contribution in [0.4, 0.5) is 0 Å². The van der Waals surface area contributed by atoms with E-state index >= 15 is 0 Å². The fraction of sp³-hybridized carbons (Fsp3) is 0.533. The molecule has 1 saturated carbocycles. The number of ether oxygens (including phenoxy) is 2. The van der Waals surface area contributed by atoms with Crippen LogP contribution in [0.2, 0.25) is 0 Å². The molecule has 6 nitrogen and oxygen atoms in total. The molecule has 1 saturated heterocycles. The van der Waals surface area contributed by atoms with E-state index in [4.69, 9.17) is 9.47 Å². The first-order valence-corrected chi connectivity index (χ1v) is 7.37. The van der Waals surface area contributed by atoms with E-state index in [9.17, 15) is 9.90 Å². The number of carboxylic acid groups (broad SMARTS) is 1. The summed E-state index contributed by atoms with van der Waals surface area (Å²) in [5, 5.41) is 9.36. The van der Waals surface area contributed by atoms with Crippen molar-refractivity contribution in [1.82, 2.24) is 10.9 Å². The summed E-state index contributed by atoms with van der Waals surface area (Å²) < 4.78 is 10.8. The van der Waals surface area contributed by atoms with Gasteiger partial charge in [-0.1, -0.05) is 12.5 Å². The highest BCUT2D eigenvalue weighted by atomic mass is 16.7. The SMILES string of the molecule is O=C(O)C1CCCC2C(c3ccc4c(c3)OCO4)NNC12. The Hall–Kier alpha value is -1.79. The minimum absolute atomic E-state index is 0.00771. The molecule has 1 aromatic rings. The molecule has 3 N–H and O–H groups in total. The first-order valence-electron chi connectivity index (χ1n) is 7.37. The average Bonchev–Trinajstić information content (AvgIpc) is 3.12. The van der Waals surface area contributed by atoms with E-state index in [1.807, 2.05) is 18.2 Å². The molecule has 0 amide bonds. The molecule has 4 unspecified atom stereocenters. The number of hydrogen-bond acceptors (Lipinski definition) is 5. The third-order valence-electron chi connectivity index (χ3n) is 4.85. The zero-order valence-electron chi connectivity index (χ0n) is 11.5. The Morgan fingerprint density at radius 1 is 1.19 bits per heavy atom. The van der Waals surface area contributed by atoms with Gasteiger partial charge in [0, 0.05) is 6.04 Å². The van der Waals surface area contributed by atoms with Crippen LogP contribution >= 0.6 is 0 Å². The Labute approximate surface area is 122 Å². The number of fused-ring (bicyclic) bond motifs is 2. The number of carboxylic acids is 1. The third kappa shape index (κ3) is 2.06. The van der Waals surface area contributed by atoms with E-state index in [0.29, 0.717) is 5.92 Å². The maximum atomic E-state index is 11.4. The van der Waals surface area contributed by atoms with Gasteiger partial charge in [-0.15, -0.1) is 0 Å². The van der Waals surface area contributed by atoms with Crippen molar-refractivity contribution in [3.8, 4) is 11.5 Å². The van der Waals surface area contributed by atoms with E-state index in [1.54, 1.807) is 0 Å². The number of carbonyl (C=O) groups is 1. The second-order valence-corrected chi connectivity index (χ2v) is 5.94. The molecule has 0 spiro atoms. The lowest BCUT2D eigenvalue weighted by molar-refractivity contribution is -0.144. The first-order chi connectivity index (χ1) is 10.2. The molecule has 2 heterocycles. The summed E-state index contributed by atoms with van der Waals surface area (Å²) in [6.45, 7) is 0.266. The number of nitrogens with one attached hydrogen (secondary N) is 2. The lowest BCUT2D eigenvalue weighted by Crippen LogP contribution is -2.43. The van der Waals surface area contributed by atoms with Crippen molar-refractivity contribution in [1.29, 1.82) is 0 Å². The molecule has 2 fully saturated rings. The van der Waals surface area contributed by atoms with Crippen LogP contribution in [0.3, 0.4) is 0 Å². The van der Waals surface area contributed by atoms with Gasteiger partial charge in [0.05, 0.1) is 12.0 Å². The van der Waals surface area contributed by atoms with Crippen molar-refractivity contribution < 1.29 is 19.4 Å². The molecule has 0 bridgehead atoms. The minimum atomic E-state index is -0.703. The Morgan fingerprint density at radius 3 is 2.90 bits per heavy atom. The van der Waals surface area contributed by atoms with E-state index in [1.165, 1.54) is 0 Å². The summed E-state index contributed by atoms with van der Waals surface area (Å²) in [6.07, 6.45) is 2.75. The zero-order chi connectivity index (χ0) is 14.4. The van der Waals surface area contributed by atoms with Gasteiger partial charge in [-0.05, 0) is 36.5 Å². The van der Waals surface area contributed by atoms with Crippen LogP contribution in [0.5, 0.6) is 11.5 Å². The standard InChI is InChI=1S/C15H18N2O4/c18-15(19)10-3-1-2-9-13(16-17-14(9)10)8-4-5-11-12(6-8)21-7-20-11/h4-6,9-10,13-14,16-17H,1-3,7H2,(H,18,19). The number of hydrazine groups is 1. The van der Waals surface area contributed by atoms with Gasteiger partial charge in [-0.25, -0.2) is 5.43 Å². The van der Waals surface area contributed by atoms with Crippen LogP contribution in [-0.4, -0.2) is 23.9 Å². The molecule has 112 valence electrons. The summed E-state index contributed by atoms with van der Waals surface area (Å²) in [5.41, 5.74) is 7.60. The van der Waals surface area contributed by atoms with Gasteiger partial charge in [-0.2, -0.15) is 0 Å². The quantitative estimate of drug-likeness (QED) is 0.764. The molecule has 1 aliphatic carbocycles. The zero-order valence-corrected chi connectivity index (χ0v) is 11.5. The maximum absolute atomic E-state index is 11.4. The molecule has 21 heavy (non-hydrogen) atoms. The monoisotopic (exact) mass is 290 g/mol. The van der Waals surface area contributed by atoms with E-state index in [-0.39, 0.29) is 24.8 Å². The third-order valence-corrected chi connectivity index (χ3v) is 4.85. The fourth-order valence-electron chi connectivity index (χ4n) is 3.82. The summed E-state index contributed by atoms with van der Waals surface area (Å²) in [6, 6.07) is 6.05. The predicted molar refractivity (Wildman–Crippen MR) is 73.8 cm³/mol. The lowest BCUT2D eigenvalue weighted by atomic mass is 9.74. The highest BCUT2D eigenvalue weighted by Crippen LogP contribution is 2.43. The van der Waals surface area contributed by atoms with Crippen LogP contribution < -0.4 is 20.3 Å².